The van der Waals surface area contributed by atoms with E-state index in [0.717, 1.165) is 58.9 Å². The van der Waals surface area contributed by atoms with Crippen LogP contribution >= 0.6 is 0 Å². The predicted octanol–water partition coefficient (Wildman–Crippen LogP) is 7.67. The van der Waals surface area contributed by atoms with Crippen LogP contribution in [0.15, 0.2) is 88.8 Å². The van der Waals surface area contributed by atoms with Crippen LogP contribution in [0, 0.1) is 19.8 Å². The summed E-state index contributed by atoms with van der Waals surface area (Å²) in [6, 6.07) is 27.9. The number of aromatic nitrogens is 1. The Labute approximate surface area is 220 Å². The summed E-state index contributed by atoms with van der Waals surface area (Å²) in [5.74, 6) is 1.58. The Kier molecular flexibility index (Phi) is 7.18. The Hall–Kier alpha value is -3.79. The highest BCUT2D eigenvalue weighted by Crippen LogP contribution is 2.28. The van der Waals surface area contributed by atoms with Crippen molar-refractivity contribution in [2.24, 2.45) is 15.9 Å². The summed E-state index contributed by atoms with van der Waals surface area (Å²) in [7, 11) is 0. The fraction of sp³-hybridized carbons (Fsp3) is 0.303. The van der Waals surface area contributed by atoms with Gasteiger partial charge in [0.2, 0.25) is 0 Å². The molecule has 0 aliphatic carbocycles. The zero-order chi connectivity index (χ0) is 25.9. The molecule has 0 spiro atoms. The lowest BCUT2D eigenvalue weighted by atomic mass is 10.0. The summed E-state index contributed by atoms with van der Waals surface area (Å²) in [5.41, 5.74) is 8.57. The monoisotopic (exact) mass is 488 g/mol. The maximum Gasteiger partial charge on any atom is 0.133 e. The minimum atomic E-state index is 0.287. The van der Waals surface area contributed by atoms with Gasteiger partial charge in [0.05, 0.1) is 28.7 Å². The average Bonchev–Trinajstić information content (AvgIpc) is 3.33. The van der Waals surface area contributed by atoms with Crippen molar-refractivity contribution in [2.45, 2.75) is 53.6 Å². The average molecular weight is 489 g/mol. The molecule has 188 valence electrons. The number of amidine groups is 1. The molecular formula is C33H36N4. The van der Waals surface area contributed by atoms with Crippen molar-refractivity contribution in [3.63, 3.8) is 0 Å². The maximum atomic E-state index is 5.29. The van der Waals surface area contributed by atoms with Gasteiger partial charge in [-0.15, -0.1) is 0 Å². The highest BCUT2D eigenvalue weighted by Gasteiger charge is 2.30. The lowest BCUT2D eigenvalue weighted by molar-refractivity contribution is 0.360. The number of aryl methyl sites for hydroxylation is 2. The van der Waals surface area contributed by atoms with Crippen LogP contribution in [0.25, 0.3) is 10.9 Å². The molecule has 5 rings (SSSR count). The number of hydrogen-bond donors (Lipinski definition) is 0. The smallest absolute Gasteiger partial charge is 0.133 e. The van der Waals surface area contributed by atoms with E-state index in [1.165, 1.54) is 16.7 Å². The third-order valence-electron chi connectivity index (χ3n) is 7.56. The summed E-state index contributed by atoms with van der Waals surface area (Å²) in [4.78, 5) is 17.9. The van der Waals surface area contributed by atoms with Gasteiger partial charge < -0.3 is 4.90 Å². The Morgan fingerprint density at radius 1 is 0.946 bits per heavy atom. The van der Waals surface area contributed by atoms with Crippen LogP contribution in [0.4, 0.5) is 5.69 Å². The molecule has 4 nitrogen and oxygen atoms in total. The molecule has 4 heteroatoms. The molecule has 3 aromatic carbocycles. The van der Waals surface area contributed by atoms with E-state index in [0.29, 0.717) is 5.92 Å². The molecular weight excluding hydrogens is 452 g/mol. The molecule has 0 bridgehead atoms. The van der Waals surface area contributed by atoms with E-state index >= 15 is 0 Å². The van der Waals surface area contributed by atoms with E-state index in [2.05, 4.69) is 118 Å². The van der Waals surface area contributed by atoms with Crippen molar-refractivity contribution in [3.8, 4) is 0 Å². The molecule has 1 aromatic heterocycles. The van der Waals surface area contributed by atoms with E-state index in [9.17, 15) is 0 Å². The van der Waals surface area contributed by atoms with Gasteiger partial charge in [-0.1, -0.05) is 87.0 Å². The molecule has 1 aliphatic rings. The highest BCUT2D eigenvalue weighted by atomic mass is 15.3. The molecule has 2 heterocycles. The lowest BCUT2D eigenvalue weighted by Gasteiger charge is -2.23. The summed E-state index contributed by atoms with van der Waals surface area (Å²) >= 11 is 0. The van der Waals surface area contributed by atoms with Gasteiger partial charge in [0.1, 0.15) is 5.84 Å². The normalized spacial score (nSPS) is 16.8. The van der Waals surface area contributed by atoms with Crippen LogP contribution in [-0.4, -0.2) is 34.0 Å². The zero-order valence-corrected chi connectivity index (χ0v) is 22.6. The van der Waals surface area contributed by atoms with Crippen molar-refractivity contribution >= 4 is 28.1 Å². The van der Waals surface area contributed by atoms with Crippen molar-refractivity contribution in [1.29, 1.82) is 0 Å². The van der Waals surface area contributed by atoms with E-state index in [-0.39, 0.29) is 6.04 Å². The van der Waals surface area contributed by atoms with E-state index in [1.54, 1.807) is 0 Å². The highest BCUT2D eigenvalue weighted by molar-refractivity contribution is 6.10. The number of benzene rings is 3. The first-order valence-corrected chi connectivity index (χ1v) is 13.3. The third kappa shape index (κ3) is 5.20. The zero-order valence-electron chi connectivity index (χ0n) is 22.6. The minimum absolute atomic E-state index is 0.287. The van der Waals surface area contributed by atoms with Gasteiger partial charge in [-0.25, -0.2) is 4.98 Å². The van der Waals surface area contributed by atoms with Gasteiger partial charge in [0.25, 0.3) is 0 Å². The molecule has 4 aromatic rings. The van der Waals surface area contributed by atoms with Crippen molar-refractivity contribution < 1.29 is 0 Å². The second-order valence-electron chi connectivity index (χ2n) is 10.3. The van der Waals surface area contributed by atoms with Crippen molar-refractivity contribution in [3.05, 3.63) is 107 Å². The SMILES string of the molecule is CC[C@H](C)[C@H]1CN(Cc2ccccc2)C(c2cccc3ccc(C(C)=Nc4c(C)cccc4C)nc23)=N1. The quantitative estimate of drug-likeness (QED) is 0.250. The number of para-hydroxylation sites is 2. The number of hydrogen-bond acceptors (Lipinski definition) is 4. The summed E-state index contributed by atoms with van der Waals surface area (Å²) in [5, 5.41) is 1.12. The van der Waals surface area contributed by atoms with Gasteiger partial charge in [-0.05, 0) is 55.5 Å². The molecule has 0 radical (unpaired) electrons. The van der Waals surface area contributed by atoms with Gasteiger partial charge >= 0.3 is 0 Å². The largest absolute Gasteiger partial charge is 0.350 e. The fourth-order valence-corrected chi connectivity index (χ4v) is 5.09. The Morgan fingerprint density at radius 3 is 2.41 bits per heavy atom. The van der Waals surface area contributed by atoms with Crippen LogP contribution in [0.1, 0.15) is 55.1 Å². The Balaban J connectivity index is 1.58. The van der Waals surface area contributed by atoms with Crippen LogP contribution in [0.3, 0.4) is 0 Å². The molecule has 0 saturated heterocycles. The van der Waals surface area contributed by atoms with Crippen LogP contribution in [-0.2, 0) is 6.54 Å². The summed E-state index contributed by atoms with van der Waals surface area (Å²) in [6.45, 7) is 12.6. The van der Waals surface area contributed by atoms with E-state index in [4.69, 9.17) is 15.0 Å². The van der Waals surface area contributed by atoms with Crippen LogP contribution in [0.2, 0.25) is 0 Å². The fourth-order valence-electron chi connectivity index (χ4n) is 5.09. The molecule has 1 aliphatic heterocycles. The van der Waals surface area contributed by atoms with Gasteiger partial charge in [-0.2, -0.15) is 0 Å². The molecule has 0 amide bonds. The van der Waals surface area contributed by atoms with Crippen molar-refractivity contribution in [1.82, 2.24) is 9.88 Å². The maximum absolute atomic E-state index is 5.29. The second kappa shape index (κ2) is 10.7. The first-order chi connectivity index (χ1) is 17.9. The van der Waals surface area contributed by atoms with Crippen LogP contribution < -0.4 is 0 Å². The van der Waals surface area contributed by atoms with Gasteiger partial charge in [0.15, 0.2) is 0 Å². The second-order valence-corrected chi connectivity index (χ2v) is 10.3. The molecule has 37 heavy (non-hydrogen) atoms. The van der Waals surface area contributed by atoms with E-state index < -0.39 is 0 Å². The Morgan fingerprint density at radius 2 is 1.68 bits per heavy atom. The number of fused-ring (bicyclic) bond motifs is 1. The summed E-state index contributed by atoms with van der Waals surface area (Å²) < 4.78 is 0. The number of aliphatic imine (C=N–C) groups is 2. The van der Waals surface area contributed by atoms with Crippen LogP contribution in [0.5, 0.6) is 0 Å². The summed E-state index contributed by atoms with van der Waals surface area (Å²) in [6.07, 6.45) is 1.12. The first kappa shape index (κ1) is 24.9. The lowest BCUT2D eigenvalue weighted by Crippen LogP contribution is -2.31. The molecule has 0 N–H and O–H groups in total. The van der Waals surface area contributed by atoms with E-state index in [1.807, 2.05) is 0 Å². The molecule has 0 unspecified atom stereocenters. The van der Waals surface area contributed by atoms with Crippen molar-refractivity contribution in [2.75, 3.05) is 6.54 Å². The predicted molar refractivity (Wildman–Crippen MR) is 156 cm³/mol. The number of rotatable bonds is 7. The topological polar surface area (TPSA) is 40.9 Å². The molecule has 0 saturated carbocycles. The van der Waals surface area contributed by atoms with Gasteiger partial charge in [-0.3, -0.25) is 9.98 Å². The minimum Gasteiger partial charge on any atom is -0.350 e. The standard InChI is InChI=1S/C33H36N4/c1-6-22(2)30-21-37(20-26-14-8-7-9-15-26)33(36-30)28-17-11-16-27-18-19-29(35-32(27)28)25(5)34-31-23(3)12-10-13-24(31)4/h7-19,22,30H,6,20-21H2,1-5H3/t22-,30+/m0/s1. The van der Waals surface area contributed by atoms with Gasteiger partial charge in [0, 0.05) is 24.0 Å². The first-order valence-electron chi connectivity index (χ1n) is 13.3. The number of pyridine rings is 1. The molecule has 0 fully saturated rings. The number of nitrogens with zero attached hydrogens (tertiary/aromatic N) is 4. The molecule has 2 atom stereocenters. The third-order valence-corrected chi connectivity index (χ3v) is 7.56. The Bertz CT molecular complexity index is 1450.